The van der Waals surface area contributed by atoms with E-state index >= 15 is 0 Å². The number of phosphoric acid groups is 3. The topological polar surface area (TPSA) is 260 Å². The molecule has 7 N–H and O–H groups in total. The Morgan fingerprint density at radius 2 is 1.80 bits per heavy atom. The Morgan fingerprint density at radius 3 is 2.40 bits per heavy atom. The van der Waals surface area contributed by atoms with E-state index in [-0.39, 0.29) is 21.4 Å². The van der Waals surface area contributed by atoms with Gasteiger partial charge in [-0.2, -0.15) is 13.0 Å². The molecule has 0 spiro atoms. The maximum atomic E-state index is 13.8. The van der Waals surface area contributed by atoms with E-state index in [1.807, 2.05) is 0 Å². The number of hydrogen-bond acceptors (Lipinski definition) is 12. The number of hydrogen-bond donors (Lipinski definition) is 7. The zero-order valence-corrected chi connectivity index (χ0v) is 20.6. The van der Waals surface area contributed by atoms with Crippen molar-refractivity contribution in [2.24, 2.45) is 0 Å². The molecule has 17 nitrogen and oxygen atoms in total. The lowest BCUT2D eigenvalue weighted by molar-refractivity contribution is -0.0530. The van der Waals surface area contributed by atoms with Gasteiger partial charge >= 0.3 is 23.5 Å². The number of aliphatic hydroxyl groups is 2. The van der Waals surface area contributed by atoms with Gasteiger partial charge in [0.1, 0.15) is 24.0 Å². The van der Waals surface area contributed by atoms with Crippen molar-refractivity contribution >= 4 is 46.7 Å². The summed E-state index contributed by atoms with van der Waals surface area (Å²) in [6.45, 7) is 0.153. The van der Waals surface area contributed by atoms with Gasteiger partial charge in [-0.05, 0) is 19.1 Å². The van der Waals surface area contributed by atoms with Crippen molar-refractivity contribution in [1.29, 1.82) is 0 Å². The maximum Gasteiger partial charge on any atom is 0.490 e. The number of rotatable bonds is 8. The van der Waals surface area contributed by atoms with Crippen LogP contribution in [-0.4, -0.2) is 69.2 Å². The molecule has 1 fully saturated rings. The highest BCUT2D eigenvalue weighted by Crippen LogP contribution is 2.66. The molecular formula is C13H17FN3O14P3S. The van der Waals surface area contributed by atoms with Crippen molar-refractivity contribution in [1.82, 2.24) is 14.5 Å². The standard InChI is InChI=1S/C13H17FN3O14P3S/c1-4-7(18)5-2-17(13(35)16-11(5)15-10(4)14)12-9(20)8(19)6(29-12)3-28-33(24,25)31-34(26,27)30-32(21,22)23/h2,6,8-9,12,19-20H,3H2,1H3,(H,24,25)(H,26,27)(H,15,16,35)(H2,21,22,23)/t6-,8?,9+,12-/m1/s1. The number of pyridine rings is 1. The molecule has 0 bridgehead atoms. The molecule has 0 radical (unpaired) electrons. The van der Waals surface area contributed by atoms with Crippen molar-refractivity contribution in [3.8, 4) is 0 Å². The normalized spacial score (nSPS) is 26.5. The number of halogens is 1. The summed E-state index contributed by atoms with van der Waals surface area (Å²) in [5, 5.41) is 20.5. The Kier molecular flexibility index (Phi) is 8.00. The van der Waals surface area contributed by atoms with Crippen LogP contribution in [0.25, 0.3) is 11.0 Å². The third kappa shape index (κ3) is 6.54. The summed E-state index contributed by atoms with van der Waals surface area (Å²) in [5.74, 6) is -0.929. The molecule has 3 unspecified atom stereocenters. The number of nitrogens with one attached hydrogen (secondary N) is 1. The van der Waals surface area contributed by atoms with Crippen molar-refractivity contribution in [3.05, 3.63) is 32.7 Å². The summed E-state index contributed by atoms with van der Waals surface area (Å²) in [6.07, 6.45) is -5.60. The van der Waals surface area contributed by atoms with Gasteiger partial charge in [0.25, 0.3) is 0 Å². The Hall–Kier alpha value is -1.27. The summed E-state index contributed by atoms with van der Waals surface area (Å²) >= 11 is 5.06. The largest absolute Gasteiger partial charge is 0.490 e. The van der Waals surface area contributed by atoms with Gasteiger partial charge < -0.3 is 39.5 Å². The van der Waals surface area contributed by atoms with E-state index in [1.165, 1.54) is 6.92 Å². The first-order valence-electron chi connectivity index (χ1n) is 9.02. The SMILES string of the molecule is Cc1c(F)[nH]c2nc(=S)n([C@@H]3O[C@H](COP(=O)(O)OP(=O)(O)OP(=O)(O)O)C(O)[C@@H]3O)cc2c1=O. The van der Waals surface area contributed by atoms with Crippen LogP contribution in [0.15, 0.2) is 11.0 Å². The average molecular weight is 583 g/mol. The monoisotopic (exact) mass is 583 g/mol. The zero-order valence-electron chi connectivity index (χ0n) is 17.1. The van der Waals surface area contributed by atoms with E-state index in [9.17, 15) is 38.0 Å². The van der Waals surface area contributed by atoms with Gasteiger partial charge in [0.2, 0.25) is 4.77 Å². The number of aromatic amines is 1. The van der Waals surface area contributed by atoms with Gasteiger partial charge in [0, 0.05) is 6.20 Å². The number of H-pyrrole nitrogens is 1. The molecule has 1 aliphatic rings. The number of aromatic nitrogens is 3. The molecule has 3 rings (SSSR count). The molecule has 2 aromatic rings. The third-order valence-corrected chi connectivity index (χ3v) is 8.63. The van der Waals surface area contributed by atoms with Crippen LogP contribution in [0.1, 0.15) is 11.8 Å². The molecule has 0 amide bonds. The number of nitrogens with zero attached hydrogens (tertiary/aromatic N) is 2. The van der Waals surface area contributed by atoms with Crippen LogP contribution in [0.2, 0.25) is 0 Å². The predicted molar refractivity (Wildman–Crippen MR) is 112 cm³/mol. The summed E-state index contributed by atoms with van der Waals surface area (Å²) < 4.78 is 65.2. The van der Waals surface area contributed by atoms with Crippen molar-refractivity contribution in [2.75, 3.05) is 6.61 Å². The quantitative estimate of drug-likeness (QED) is 0.121. The first kappa shape index (κ1) is 28.3. The Bertz CT molecular complexity index is 1410. The number of ether oxygens (including phenoxy) is 1. The lowest BCUT2D eigenvalue weighted by atomic mass is 10.1. The molecule has 6 atom stereocenters. The lowest BCUT2D eigenvalue weighted by Gasteiger charge is -2.19. The second-order valence-electron chi connectivity index (χ2n) is 7.02. The summed E-state index contributed by atoms with van der Waals surface area (Å²) in [7, 11) is -16.9. The van der Waals surface area contributed by atoms with Crippen LogP contribution in [0, 0.1) is 17.6 Å². The minimum atomic E-state index is -5.77. The molecule has 22 heteroatoms. The molecule has 0 aromatic carbocycles. The van der Waals surface area contributed by atoms with Crippen LogP contribution < -0.4 is 5.43 Å². The third-order valence-electron chi connectivity index (χ3n) is 4.52. The average Bonchev–Trinajstić information content (AvgIpc) is 2.96. The predicted octanol–water partition coefficient (Wildman–Crippen LogP) is -0.136. The van der Waals surface area contributed by atoms with Crippen LogP contribution in [0.3, 0.4) is 0 Å². The highest BCUT2D eigenvalue weighted by Gasteiger charge is 2.46. The molecule has 1 saturated heterocycles. The summed E-state index contributed by atoms with van der Waals surface area (Å²) in [6, 6.07) is 0. The van der Waals surface area contributed by atoms with Crippen molar-refractivity contribution in [3.63, 3.8) is 0 Å². The second-order valence-corrected chi connectivity index (χ2v) is 11.8. The van der Waals surface area contributed by atoms with Gasteiger partial charge in [0.05, 0.1) is 17.6 Å². The number of aliphatic hydroxyl groups excluding tert-OH is 2. The fraction of sp³-hybridized carbons (Fsp3) is 0.462. The van der Waals surface area contributed by atoms with Crippen molar-refractivity contribution < 1.29 is 65.8 Å². The van der Waals surface area contributed by atoms with Gasteiger partial charge in [-0.25, -0.2) is 18.7 Å². The molecule has 0 saturated carbocycles. The van der Waals surface area contributed by atoms with Gasteiger partial charge in [0.15, 0.2) is 17.6 Å². The lowest BCUT2D eigenvalue weighted by Crippen LogP contribution is -2.33. The van der Waals surface area contributed by atoms with Gasteiger partial charge in [-0.15, -0.1) is 0 Å². The number of fused-ring (bicyclic) bond motifs is 1. The van der Waals surface area contributed by atoms with E-state index in [1.54, 1.807) is 0 Å². The van der Waals surface area contributed by atoms with Crippen LogP contribution in [-0.2, 0) is 31.6 Å². The summed E-state index contributed by atoms with van der Waals surface area (Å²) in [4.78, 5) is 54.2. The van der Waals surface area contributed by atoms with Gasteiger partial charge in [-0.1, -0.05) is 0 Å². The zero-order chi connectivity index (χ0) is 26.5. The van der Waals surface area contributed by atoms with Crippen molar-refractivity contribution in [2.45, 2.75) is 31.5 Å². The fourth-order valence-corrected chi connectivity index (χ4v) is 6.26. The first-order valence-corrected chi connectivity index (χ1v) is 13.9. The number of phosphoric ester groups is 1. The van der Waals surface area contributed by atoms with Crippen LogP contribution >= 0.6 is 35.7 Å². The molecule has 196 valence electrons. The van der Waals surface area contributed by atoms with Crippen LogP contribution in [0.5, 0.6) is 0 Å². The highest BCUT2D eigenvalue weighted by atomic mass is 32.1. The minimum Gasteiger partial charge on any atom is -0.387 e. The molecule has 3 heterocycles. The molecular weight excluding hydrogens is 566 g/mol. The molecule has 0 aliphatic carbocycles. The van der Waals surface area contributed by atoms with Gasteiger partial charge in [-0.3, -0.25) is 13.9 Å². The fourth-order valence-electron chi connectivity index (χ4n) is 2.98. The van der Waals surface area contributed by atoms with E-state index in [2.05, 4.69) is 23.1 Å². The molecule has 1 aliphatic heterocycles. The van der Waals surface area contributed by atoms with E-state index < -0.39 is 66.0 Å². The van der Waals surface area contributed by atoms with E-state index in [0.29, 0.717) is 0 Å². The Balaban J connectivity index is 1.80. The Morgan fingerprint density at radius 1 is 1.17 bits per heavy atom. The highest BCUT2D eigenvalue weighted by molar-refractivity contribution is 7.71. The smallest absolute Gasteiger partial charge is 0.387 e. The molecule has 35 heavy (non-hydrogen) atoms. The molecule has 2 aromatic heterocycles. The first-order chi connectivity index (χ1) is 15.9. The van der Waals surface area contributed by atoms with E-state index in [4.69, 9.17) is 31.6 Å². The Labute approximate surface area is 198 Å². The van der Waals surface area contributed by atoms with E-state index in [0.717, 1.165) is 10.8 Å². The second kappa shape index (κ2) is 9.89. The minimum absolute atomic E-state index is 0.139. The van der Waals surface area contributed by atoms with Crippen LogP contribution in [0.4, 0.5) is 4.39 Å². The summed E-state index contributed by atoms with van der Waals surface area (Å²) in [5.41, 5.74) is -1.20. The maximum absolute atomic E-state index is 13.8.